The molecule has 148 valence electrons. The first-order chi connectivity index (χ1) is 13.0. The van der Waals surface area contributed by atoms with Gasteiger partial charge >= 0.3 is 6.18 Å². The molecule has 2 aromatic rings. The lowest BCUT2D eigenvalue weighted by Crippen LogP contribution is -2.52. The lowest BCUT2D eigenvalue weighted by atomic mass is 10.3. The molecule has 0 aromatic carbocycles. The predicted octanol–water partition coefficient (Wildman–Crippen LogP) is 3.51. The zero-order chi connectivity index (χ0) is 19.3. The Kier molecular flexibility index (Phi) is 6.72. The fraction of sp³-hybridized carbons (Fsp3) is 0.529. The van der Waals surface area contributed by atoms with Gasteiger partial charge in [0.05, 0.1) is 6.54 Å². The fourth-order valence-electron chi connectivity index (χ4n) is 2.82. The molecule has 0 amide bonds. The van der Waals surface area contributed by atoms with E-state index in [1.54, 1.807) is 11.3 Å². The summed E-state index contributed by atoms with van der Waals surface area (Å²) in [6.07, 6.45) is -4.40. The molecule has 1 fully saturated rings. The van der Waals surface area contributed by atoms with E-state index in [0.29, 0.717) is 11.6 Å². The number of halogens is 3. The second-order valence-corrected chi connectivity index (χ2v) is 8.11. The number of hydrogen-bond donors (Lipinski definition) is 1. The minimum absolute atomic E-state index is 0.151. The number of aromatic nitrogens is 1. The summed E-state index contributed by atoms with van der Waals surface area (Å²) in [4.78, 5) is 14.1. The molecular formula is C17H22F3N5S2. The lowest BCUT2D eigenvalue weighted by Gasteiger charge is -2.36. The minimum atomic E-state index is -4.40. The quantitative estimate of drug-likeness (QED) is 0.597. The fourth-order valence-corrected chi connectivity index (χ4v) is 4.29. The van der Waals surface area contributed by atoms with Crippen LogP contribution < -0.4 is 5.32 Å². The summed E-state index contributed by atoms with van der Waals surface area (Å²) in [7, 11) is 0. The van der Waals surface area contributed by atoms with Gasteiger partial charge in [-0.25, -0.2) is 9.98 Å². The molecular weight excluding hydrogens is 395 g/mol. The molecule has 0 aliphatic carbocycles. The first kappa shape index (κ1) is 20.1. The molecule has 0 spiro atoms. The van der Waals surface area contributed by atoms with Crippen LogP contribution in [0.2, 0.25) is 0 Å². The van der Waals surface area contributed by atoms with E-state index in [9.17, 15) is 13.2 Å². The van der Waals surface area contributed by atoms with Crippen molar-refractivity contribution in [3.63, 3.8) is 0 Å². The molecule has 0 radical (unpaired) electrons. The molecule has 5 nitrogen and oxygen atoms in total. The third kappa shape index (κ3) is 5.66. The second-order valence-electron chi connectivity index (χ2n) is 6.14. The largest absolute Gasteiger partial charge is 0.434 e. The van der Waals surface area contributed by atoms with Crippen LogP contribution in [0.25, 0.3) is 0 Å². The van der Waals surface area contributed by atoms with Gasteiger partial charge in [0.2, 0.25) is 0 Å². The molecule has 2 aromatic heterocycles. The summed E-state index contributed by atoms with van der Waals surface area (Å²) < 4.78 is 38.0. The van der Waals surface area contributed by atoms with Crippen LogP contribution in [0.5, 0.6) is 0 Å². The van der Waals surface area contributed by atoms with Gasteiger partial charge in [-0.1, -0.05) is 6.07 Å². The predicted molar refractivity (Wildman–Crippen MR) is 103 cm³/mol. The Labute approximate surface area is 164 Å². The molecule has 1 aliphatic heterocycles. The third-order valence-corrected chi connectivity index (χ3v) is 5.87. The average Bonchev–Trinajstić information content (AvgIpc) is 3.31. The molecule has 0 bridgehead atoms. The highest BCUT2D eigenvalue weighted by molar-refractivity contribution is 7.10. The Morgan fingerprint density at radius 2 is 2.04 bits per heavy atom. The van der Waals surface area contributed by atoms with Crippen molar-refractivity contribution in [2.45, 2.75) is 26.2 Å². The highest BCUT2D eigenvalue weighted by Gasteiger charge is 2.33. The van der Waals surface area contributed by atoms with Gasteiger partial charge in [-0.3, -0.25) is 4.90 Å². The Morgan fingerprint density at radius 1 is 1.26 bits per heavy atom. The summed E-state index contributed by atoms with van der Waals surface area (Å²) in [5.41, 5.74) is -0.843. The van der Waals surface area contributed by atoms with Crippen molar-refractivity contribution in [3.8, 4) is 0 Å². The molecule has 27 heavy (non-hydrogen) atoms. The van der Waals surface area contributed by atoms with Crippen molar-refractivity contribution >= 4 is 28.6 Å². The van der Waals surface area contributed by atoms with Crippen LogP contribution in [0.15, 0.2) is 27.9 Å². The van der Waals surface area contributed by atoms with Gasteiger partial charge in [0, 0.05) is 49.5 Å². The molecule has 10 heteroatoms. The van der Waals surface area contributed by atoms with Gasteiger partial charge in [0.15, 0.2) is 11.7 Å². The Bertz CT molecular complexity index is 734. The highest BCUT2D eigenvalue weighted by atomic mass is 32.1. The van der Waals surface area contributed by atoms with Crippen molar-refractivity contribution in [1.29, 1.82) is 0 Å². The average molecular weight is 418 g/mol. The highest BCUT2D eigenvalue weighted by Crippen LogP contribution is 2.30. The summed E-state index contributed by atoms with van der Waals surface area (Å²) in [5.74, 6) is 0.733. The normalized spacial score (nSPS) is 16.7. The van der Waals surface area contributed by atoms with Crippen LogP contribution in [0.3, 0.4) is 0 Å². The Morgan fingerprint density at radius 3 is 2.63 bits per heavy atom. The van der Waals surface area contributed by atoms with Gasteiger partial charge in [0.25, 0.3) is 0 Å². The van der Waals surface area contributed by atoms with E-state index in [-0.39, 0.29) is 6.54 Å². The number of thiophene rings is 1. The summed E-state index contributed by atoms with van der Waals surface area (Å²) in [6.45, 7) is 7.33. The van der Waals surface area contributed by atoms with Crippen LogP contribution in [0, 0.1) is 0 Å². The molecule has 0 atom stereocenters. The van der Waals surface area contributed by atoms with Crippen molar-refractivity contribution in [2.24, 2.45) is 4.99 Å². The van der Waals surface area contributed by atoms with E-state index in [1.165, 1.54) is 4.88 Å². The molecule has 0 unspecified atom stereocenters. The number of rotatable bonds is 5. The van der Waals surface area contributed by atoms with Crippen LogP contribution in [0.4, 0.5) is 13.2 Å². The maximum Gasteiger partial charge on any atom is 0.434 e. The van der Waals surface area contributed by atoms with Gasteiger partial charge in [-0.2, -0.15) is 13.2 Å². The van der Waals surface area contributed by atoms with Crippen molar-refractivity contribution < 1.29 is 13.2 Å². The lowest BCUT2D eigenvalue weighted by molar-refractivity contribution is -0.140. The molecule has 1 N–H and O–H groups in total. The zero-order valence-electron chi connectivity index (χ0n) is 15.0. The van der Waals surface area contributed by atoms with Crippen LogP contribution in [-0.2, 0) is 19.3 Å². The maximum absolute atomic E-state index is 12.7. The van der Waals surface area contributed by atoms with Gasteiger partial charge in [-0.15, -0.1) is 22.7 Å². The molecule has 1 saturated heterocycles. The van der Waals surface area contributed by atoms with Crippen molar-refractivity contribution in [1.82, 2.24) is 20.1 Å². The summed E-state index contributed by atoms with van der Waals surface area (Å²) in [5, 5.41) is 6.73. The summed E-state index contributed by atoms with van der Waals surface area (Å²) >= 11 is 2.76. The number of hydrogen-bond acceptors (Lipinski definition) is 5. The van der Waals surface area contributed by atoms with E-state index in [0.717, 1.165) is 55.4 Å². The monoisotopic (exact) mass is 417 g/mol. The summed E-state index contributed by atoms with van der Waals surface area (Å²) in [6, 6.07) is 4.21. The molecule has 3 heterocycles. The third-order valence-electron chi connectivity index (χ3n) is 4.17. The number of thiazole rings is 1. The van der Waals surface area contributed by atoms with E-state index < -0.39 is 11.9 Å². The number of guanidine groups is 1. The second kappa shape index (κ2) is 9.03. The van der Waals surface area contributed by atoms with E-state index in [4.69, 9.17) is 0 Å². The number of piperazine rings is 1. The van der Waals surface area contributed by atoms with Crippen molar-refractivity contribution in [3.05, 3.63) is 38.5 Å². The minimum Gasteiger partial charge on any atom is -0.357 e. The Balaban J connectivity index is 1.57. The van der Waals surface area contributed by atoms with E-state index >= 15 is 0 Å². The number of alkyl halides is 3. The van der Waals surface area contributed by atoms with Crippen LogP contribution >= 0.6 is 22.7 Å². The molecule has 1 aliphatic rings. The number of nitrogens with one attached hydrogen (secondary N) is 1. The van der Waals surface area contributed by atoms with Gasteiger partial charge in [0.1, 0.15) is 5.01 Å². The van der Waals surface area contributed by atoms with E-state index in [2.05, 4.69) is 42.6 Å². The van der Waals surface area contributed by atoms with Gasteiger partial charge in [-0.05, 0) is 18.4 Å². The zero-order valence-corrected chi connectivity index (χ0v) is 16.6. The number of aliphatic imine (C=N–C) groups is 1. The van der Waals surface area contributed by atoms with Crippen molar-refractivity contribution in [2.75, 3.05) is 32.7 Å². The first-order valence-electron chi connectivity index (χ1n) is 8.75. The first-order valence-corrected chi connectivity index (χ1v) is 10.5. The number of nitrogens with zero attached hydrogens (tertiary/aromatic N) is 4. The van der Waals surface area contributed by atoms with Gasteiger partial charge < -0.3 is 10.2 Å². The smallest absolute Gasteiger partial charge is 0.357 e. The maximum atomic E-state index is 12.7. The molecule has 3 rings (SSSR count). The van der Waals surface area contributed by atoms with Crippen LogP contribution in [0.1, 0.15) is 22.5 Å². The topological polar surface area (TPSA) is 43.8 Å². The standard InChI is InChI=1S/C17H22F3N5S2/c1-2-21-16(22-10-15-23-14(12-27-15)17(18,19)20)25-7-5-24(6-8-25)11-13-4-3-9-26-13/h3-4,9,12H,2,5-8,10-11H2,1H3,(H,21,22). The van der Waals surface area contributed by atoms with Crippen LogP contribution in [-0.4, -0.2) is 53.5 Å². The molecule has 0 saturated carbocycles. The van der Waals surface area contributed by atoms with E-state index in [1.807, 2.05) is 6.92 Å². The Hall–Kier alpha value is -1.65. The SMILES string of the molecule is CCNC(=NCc1nc(C(F)(F)F)cs1)N1CCN(Cc2cccs2)CC1.